The van der Waals surface area contributed by atoms with Crippen molar-refractivity contribution in [2.45, 2.75) is 194 Å². The van der Waals surface area contributed by atoms with Gasteiger partial charge < -0.3 is 14.2 Å². The number of carbonyl (C=O) groups excluding carboxylic acids is 2. The predicted molar refractivity (Wildman–Crippen MR) is 224 cm³/mol. The minimum Gasteiger partial charge on any atom is -0.462 e. The number of allylic oxidation sites excluding steroid dienone is 11. The fourth-order valence-electron chi connectivity index (χ4n) is 5.57. The first kappa shape index (κ1) is 49.3. The third-order valence-electron chi connectivity index (χ3n) is 8.75. The summed E-state index contributed by atoms with van der Waals surface area (Å²) in [6, 6.07) is 0. The van der Waals surface area contributed by atoms with Crippen molar-refractivity contribution in [3.05, 3.63) is 72.9 Å². The first-order valence-corrected chi connectivity index (χ1v) is 21.5. The second kappa shape index (κ2) is 42.8. The Hall–Kier alpha value is -2.66. The Morgan fingerprint density at radius 2 is 0.865 bits per heavy atom. The highest BCUT2D eigenvalue weighted by Crippen LogP contribution is 2.12. The van der Waals surface area contributed by atoms with Crippen LogP contribution in [0.4, 0.5) is 0 Å². The molecular weight excluding hydrogens is 645 g/mol. The van der Waals surface area contributed by atoms with Gasteiger partial charge in [0.05, 0.1) is 13.2 Å². The summed E-state index contributed by atoms with van der Waals surface area (Å²) in [5.74, 6) is -0.458. The van der Waals surface area contributed by atoms with Gasteiger partial charge >= 0.3 is 11.9 Å². The SMILES string of the molecule is CC/C=C\C/C=C\C/C=C\C/C=C\C/C=C\CCOCC(COC(=O)CCCCCCC/C=C\CCCCCC)OC(=O)CCCCCCCCC. The monoisotopic (exact) mass is 725 g/mol. The Balaban J connectivity index is 4.32. The smallest absolute Gasteiger partial charge is 0.306 e. The Morgan fingerprint density at radius 3 is 1.40 bits per heavy atom. The first-order chi connectivity index (χ1) is 25.6. The van der Waals surface area contributed by atoms with E-state index in [0.29, 0.717) is 19.4 Å². The molecule has 0 amide bonds. The maximum Gasteiger partial charge on any atom is 0.306 e. The molecule has 0 N–H and O–H groups in total. The maximum absolute atomic E-state index is 12.6. The van der Waals surface area contributed by atoms with E-state index in [-0.39, 0.29) is 25.2 Å². The number of esters is 2. The maximum atomic E-state index is 12.6. The topological polar surface area (TPSA) is 61.8 Å². The van der Waals surface area contributed by atoms with E-state index in [4.69, 9.17) is 14.2 Å². The summed E-state index contributed by atoms with van der Waals surface area (Å²) in [6.07, 6.45) is 53.5. The third-order valence-corrected chi connectivity index (χ3v) is 8.75. The fourth-order valence-corrected chi connectivity index (χ4v) is 5.57. The molecule has 1 atom stereocenters. The van der Waals surface area contributed by atoms with Gasteiger partial charge in [-0.25, -0.2) is 0 Å². The number of unbranched alkanes of at least 4 members (excludes halogenated alkanes) is 15. The van der Waals surface area contributed by atoms with Gasteiger partial charge in [0.2, 0.25) is 0 Å². The Morgan fingerprint density at radius 1 is 0.442 bits per heavy atom. The molecule has 0 aromatic carbocycles. The summed E-state index contributed by atoms with van der Waals surface area (Å²) in [7, 11) is 0. The molecule has 0 fully saturated rings. The summed E-state index contributed by atoms with van der Waals surface area (Å²) in [6.45, 7) is 7.43. The number of rotatable bonds is 38. The summed E-state index contributed by atoms with van der Waals surface area (Å²) in [5, 5.41) is 0. The highest BCUT2D eigenvalue weighted by atomic mass is 16.6. The lowest BCUT2D eigenvalue weighted by Crippen LogP contribution is -2.30. The Labute approximate surface area is 321 Å². The van der Waals surface area contributed by atoms with E-state index in [2.05, 4.69) is 93.7 Å². The van der Waals surface area contributed by atoms with Gasteiger partial charge in [0, 0.05) is 12.8 Å². The molecule has 0 bridgehead atoms. The third kappa shape index (κ3) is 40.1. The van der Waals surface area contributed by atoms with Crippen molar-refractivity contribution in [2.24, 2.45) is 0 Å². The van der Waals surface area contributed by atoms with E-state index < -0.39 is 6.10 Å². The standard InChI is InChI=1S/C47H80O5/c1-4-7-10-13-16-18-20-22-23-24-26-28-30-33-36-39-42-50-43-45(52-47(49)41-38-35-31-15-12-9-6-3)44-51-46(48)40-37-34-32-29-27-25-21-19-17-14-11-8-5-2/h7,10,16,18-19,21-23,26,28,33,36,45H,4-6,8-9,11-15,17,20,24-25,27,29-32,34-35,37-44H2,1-3H3/b10-7-,18-16-,21-19-,23-22-,28-26-,36-33-. The molecule has 52 heavy (non-hydrogen) atoms. The molecule has 0 aliphatic carbocycles. The second-order valence-electron chi connectivity index (χ2n) is 13.9. The van der Waals surface area contributed by atoms with Gasteiger partial charge in [-0.05, 0) is 77.0 Å². The molecule has 0 aromatic rings. The van der Waals surface area contributed by atoms with Gasteiger partial charge in [-0.15, -0.1) is 0 Å². The molecular formula is C47H80O5. The van der Waals surface area contributed by atoms with Crippen molar-refractivity contribution in [2.75, 3.05) is 19.8 Å². The minimum absolute atomic E-state index is 0.0496. The van der Waals surface area contributed by atoms with Gasteiger partial charge in [0.15, 0.2) is 6.10 Å². The zero-order chi connectivity index (χ0) is 37.8. The van der Waals surface area contributed by atoms with Gasteiger partial charge in [0.25, 0.3) is 0 Å². The number of hydrogen-bond donors (Lipinski definition) is 0. The van der Waals surface area contributed by atoms with E-state index >= 15 is 0 Å². The zero-order valence-corrected chi connectivity index (χ0v) is 34.1. The predicted octanol–water partition coefficient (Wildman–Crippen LogP) is 14.0. The van der Waals surface area contributed by atoms with Gasteiger partial charge in [0.1, 0.15) is 6.61 Å². The van der Waals surface area contributed by atoms with Crippen LogP contribution in [0, 0.1) is 0 Å². The highest BCUT2D eigenvalue weighted by molar-refractivity contribution is 5.70. The highest BCUT2D eigenvalue weighted by Gasteiger charge is 2.17. The van der Waals surface area contributed by atoms with E-state index in [1.165, 1.54) is 70.6 Å². The molecule has 0 heterocycles. The van der Waals surface area contributed by atoms with E-state index in [1.54, 1.807) is 0 Å². The lowest BCUT2D eigenvalue weighted by molar-refractivity contribution is -0.162. The average Bonchev–Trinajstić information content (AvgIpc) is 3.14. The van der Waals surface area contributed by atoms with Crippen LogP contribution in [0.25, 0.3) is 0 Å². The fraction of sp³-hybridized carbons (Fsp3) is 0.702. The van der Waals surface area contributed by atoms with E-state index in [0.717, 1.165) is 83.5 Å². The summed E-state index contributed by atoms with van der Waals surface area (Å²) >= 11 is 0. The average molecular weight is 725 g/mol. The van der Waals surface area contributed by atoms with Crippen molar-refractivity contribution in [3.8, 4) is 0 Å². The summed E-state index contributed by atoms with van der Waals surface area (Å²) < 4.78 is 17.1. The first-order valence-electron chi connectivity index (χ1n) is 21.5. The van der Waals surface area contributed by atoms with Gasteiger partial charge in [-0.3, -0.25) is 9.59 Å². The van der Waals surface area contributed by atoms with Crippen LogP contribution in [0.3, 0.4) is 0 Å². The van der Waals surface area contributed by atoms with Crippen molar-refractivity contribution in [1.29, 1.82) is 0 Å². The molecule has 0 aliphatic heterocycles. The number of carbonyl (C=O) groups is 2. The van der Waals surface area contributed by atoms with Crippen LogP contribution in [0.2, 0.25) is 0 Å². The molecule has 0 aliphatic rings. The molecule has 0 saturated heterocycles. The minimum atomic E-state index is -0.575. The molecule has 0 rings (SSSR count). The summed E-state index contributed by atoms with van der Waals surface area (Å²) in [5.41, 5.74) is 0. The number of ether oxygens (including phenoxy) is 3. The molecule has 5 nitrogen and oxygen atoms in total. The van der Waals surface area contributed by atoms with Crippen LogP contribution in [0.5, 0.6) is 0 Å². The molecule has 0 spiro atoms. The van der Waals surface area contributed by atoms with E-state index in [9.17, 15) is 9.59 Å². The van der Waals surface area contributed by atoms with Crippen molar-refractivity contribution >= 4 is 11.9 Å². The van der Waals surface area contributed by atoms with Crippen LogP contribution in [-0.4, -0.2) is 37.9 Å². The Kier molecular flexibility index (Phi) is 40.6. The molecule has 0 aromatic heterocycles. The van der Waals surface area contributed by atoms with Crippen LogP contribution in [-0.2, 0) is 23.8 Å². The van der Waals surface area contributed by atoms with Crippen molar-refractivity contribution in [1.82, 2.24) is 0 Å². The van der Waals surface area contributed by atoms with Crippen molar-refractivity contribution in [3.63, 3.8) is 0 Å². The second-order valence-corrected chi connectivity index (χ2v) is 13.9. The lowest BCUT2D eigenvalue weighted by atomic mass is 10.1. The Bertz CT molecular complexity index is 957. The molecule has 5 heteroatoms. The van der Waals surface area contributed by atoms with Gasteiger partial charge in [-0.2, -0.15) is 0 Å². The van der Waals surface area contributed by atoms with Crippen LogP contribution in [0.1, 0.15) is 188 Å². The van der Waals surface area contributed by atoms with Crippen molar-refractivity contribution < 1.29 is 23.8 Å². The zero-order valence-electron chi connectivity index (χ0n) is 34.1. The number of hydrogen-bond acceptors (Lipinski definition) is 5. The van der Waals surface area contributed by atoms with E-state index in [1.807, 2.05) is 0 Å². The van der Waals surface area contributed by atoms with Gasteiger partial charge in [-0.1, -0.05) is 171 Å². The normalized spacial score (nSPS) is 12.9. The molecule has 0 radical (unpaired) electrons. The lowest BCUT2D eigenvalue weighted by Gasteiger charge is -2.18. The largest absolute Gasteiger partial charge is 0.462 e. The quantitative estimate of drug-likeness (QED) is 0.0360. The molecule has 0 saturated carbocycles. The molecule has 298 valence electrons. The summed E-state index contributed by atoms with van der Waals surface area (Å²) in [4.78, 5) is 25.0. The molecule has 1 unspecified atom stereocenters. The van der Waals surface area contributed by atoms with Crippen LogP contribution < -0.4 is 0 Å². The van der Waals surface area contributed by atoms with Crippen LogP contribution >= 0.6 is 0 Å². The van der Waals surface area contributed by atoms with Crippen LogP contribution in [0.15, 0.2) is 72.9 Å².